The van der Waals surface area contributed by atoms with Crippen LogP contribution in [0.4, 0.5) is 5.69 Å². The van der Waals surface area contributed by atoms with Gasteiger partial charge in [0.2, 0.25) is 0 Å². The number of anilines is 1. The molecule has 2 atom stereocenters. The van der Waals surface area contributed by atoms with Crippen LogP contribution in [0.25, 0.3) is 0 Å². The second kappa shape index (κ2) is 3.66. The molecule has 0 aromatic heterocycles. The Morgan fingerprint density at radius 2 is 2.13 bits per heavy atom. The molecular formula is C12H15N3. The van der Waals surface area contributed by atoms with Crippen molar-refractivity contribution in [1.29, 1.82) is 0 Å². The molecule has 2 unspecified atom stereocenters. The zero-order valence-electron chi connectivity index (χ0n) is 8.61. The van der Waals surface area contributed by atoms with Crippen LogP contribution >= 0.6 is 0 Å². The van der Waals surface area contributed by atoms with E-state index in [9.17, 15) is 0 Å². The van der Waals surface area contributed by atoms with Gasteiger partial charge in [-0.25, -0.2) is 0 Å². The molecule has 3 rings (SSSR count). The van der Waals surface area contributed by atoms with E-state index in [4.69, 9.17) is 0 Å². The van der Waals surface area contributed by atoms with Crippen LogP contribution in [0.2, 0.25) is 0 Å². The number of aliphatic imine (C=N–C) groups is 1. The highest BCUT2D eigenvalue weighted by Crippen LogP contribution is 2.22. The first kappa shape index (κ1) is 8.92. The summed E-state index contributed by atoms with van der Waals surface area (Å²) < 4.78 is 0. The average molecular weight is 201 g/mol. The monoisotopic (exact) mass is 201 g/mol. The third-order valence-electron chi connectivity index (χ3n) is 3.05. The summed E-state index contributed by atoms with van der Waals surface area (Å²) in [5, 5.41) is 6.88. The van der Waals surface area contributed by atoms with Crippen molar-refractivity contribution in [2.45, 2.75) is 31.6 Å². The molecule has 3 nitrogen and oxygen atoms in total. The van der Waals surface area contributed by atoms with Crippen LogP contribution < -0.4 is 10.6 Å². The predicted molar refractivity (Wildman–Crippen MR) is 62.1 cm³/mol. The highest BCUT2D eigenvalue weighted by Gasteiger charge is 2.27. The lowest BCUT2D eigenvalue weighted by molar-refractivity contribution is 0.465. The summed E-state index contributed by atoms with van der Waals surface area (Å²) in [6.45, 7) is 0. The lowest BCUT2D eigenvalue weighted by Crippen LogP contribution is -2.43. The minimum atomic E-state index is 0.0728. The normalized spacial score (nSPS) is 28.7. The number of nitrogens with one attached hydrogen (secondary N) is 2. The highest BCUT2D eigenvalue weighted by molar-refractivity contribution is 5.88. The highest BCUT2D eigenvalue weighted by atomic mass is 15.3. The molecule has 1 aliphatic heterocycles. The predicted octanol–water partition coefficient (Wildman–Crippen LogP) is 1.98. The minimum Gasteiger partial charge on any atom is -0.352 e. The summed E-state index contributed by atoms with van der Waals surface area (Å²) in [6, 6.07) is 10.9. The standard InChI is InChI=1S/C12H15N3/c1-2-4-9(5-3-1)13-12-14-10-6-7-11(8-10)15-12/h1-5,10,12-14H,6-8H2. The number of nitrogens with zero attached hydrogens (tertiary/aromatic N) is 1. The van der Waals surface area contributed by atoms with Crippen LogP contribution in [0, 0.1) is 0 Å². The molecule has 0 spiro atoms. The van der Waals surface area contributed by atoms with E-state index in [1.54, 1.807) is 0 Å². The molecule has 1 fully saturated rings. The van der Waals surface area contributed by atoms with Crippen molar-refractivity contribution in [2.75, 3.05) is 5.32 Å². The van der Waals surface area contributed by atoms with Gasteiger partial charge < -0.3 is 5.32 Å². The summed E-state index contributed by atoms with van der Waals surface area (Å²) in [5.74, 6) is 0. The molecule has 1 heterocycles. The van der Waals surface area contributed by atoms with Crippen molar-refractivity contribution in [3.8, 4) is 0 Å². The van der Waals surface area contributed by atoms with E-state index in [1.165, 1.54) is 18.6 Å². The number of hydrogen-bond donors (Lipinski definition) is 2. The summed E-state index contributed by atoms with van der Waals surface area (Å²) >= 11 is 0. The number of benzene rings is 1. The first-order valence-corrected chi connectivity index (χ1v) is 5.53. The van der Waals surface area contributed by atoms with Gasteiger partial charge in [-0.1, -0.05) is 18.2 Å². The molecule has 1 aliphatic carbocycles. The molecule has 1 saturated carbocycles. The maximum atomic E-state index is 4.63. The van der Waals surface area contributed by atoms with Crippen LogP contribution in [0.1, 0.15) is 19.3 Å². The maximum Gasteiger partial charge on any atom is 0.173 e. The van der Waals surface area contributed by atoms with E-state index < -0.39 is 0 Å². The molecule has 1 aromatic carbocycles. The Morgan fingerprint density at radius 3 is 2.93 bits per heavy atom. The van der Waals surface area contributed by atoms with Crippen LogP contribution in [0.5, 0.6) is 0 Å². The van der Waals surface area contributed by atoms with Crippen molar-refractivity contribution in [1.82, 2.24) is 5.32 Å². The quantitative estimate of drug-likeness (QED) is 0.767. The fourth-order valence-electron chi connectivity index (χ4n) is 2.30. The number of hydrogen-bond acceptors (Lipinski definition) is 3. The Labute approximate surface area is 89.6 Å². The van der Waals surface area contributed by atoms with E-state index in [2.05, 4.69) is 27.8 Å². The van der Waals surface area contributed by atoms with Gasteiger partial charge in [0.25, 0.3) is 0 Å². The first-order chi connectivity index (χ1) is 7.40. The molecule has 2 N–H and O–H groups in total. The Morgan fingerprint density at radius 1 is 1.27 bits per heavy atom. The summed E-state index contributed by atoms with van der Waals surface area (Å²) in [7, 11) is 0. The van der Waals surface area contributed by atoms with Gasteiger partial charge in [-0.3, -0.25) is 10.3 Å². The van der Waals surface area contributed by atoms with Gasteiger partial charge >= 0.3 is 0 Å². The van der Waals surface area contributed by atoms with Crippen molar-refractivity contribution in [3.05, 3.63) is 30.3 Å². The van der Waals surface area contributed by atoms with Gasteiger partial charge in [-0.15, -0.1) is 0 Å². The molecule has 3 heteroatoms. The van der Waals surface area contributed by atoms with Crippen molar-refractivity contribution in [2.24, 2.45) is 4.99 Å². The Kier molecular flexibility index (Phi) is 2.18. The number of rotatable bonds is 2. The zero-order valence-corrected chi connectivity index (χ0v) is 8.61. The van der Waals surface area contributed by atoms with E-state index in [0.29, 0.717) is 6.04 Å². The third kappa shape index (κ3) is 1.88. The van der Waals surface area contributed by atoms with Crippen LogP contribution in [-0.4, -0.2) is 18.0 Å². The largest absolute Gasteiger partial charge is 0.352 e. The van der Waals surface area contributed by atoms with Gasteiger partial charge in [0.1, 0.15) is 0 Å². The van der Waals surface area contributed by atoms with E-state index in [1.807, 2.05) is 18.2 Å². The molecule has 78 valence electrons. The summed E-state index contributed by atoms with van der Waals surface area (Å²) in [5.41, 5.74) is 2.49. The topological polar surface area (TPSA) is 36.4 Å². The number of fused-ring (bicyclic) bond motifs is 2. The Bertz CT molecular complexity index is 372. The molecular weight excluding hydrogens is 186 g/mol. The molecule has 15 heavy (non-hydrogen) atoms. The second-order valence-corrected chi connectivity index (χ2v) is 4.21. The van der Waals surface area contributed by atoms with E-state index in [-0.39, 0.29) is 6.29 Å². The van der Waals surface area contributed by atoms with Gasteiger partial charge in [0, 0.05) is 23.9 Å². The van der Waals surface area contributed by atoms with Crippen LogP contribution in [-0.2, 0) is 0 Å². The van der Waals surface area contributed by atoms with Crippen molar-refractivity contribution in [3.63, 3.8) is 0 Å². The van der Waals surface area contributed by atoms with E-state index >= 15 is 0 Å². The lowest BCUT2D eigenvalue weighted by atomic mass is 10.2. The summed E-state index contributed by atoms with van der Waals surface area (Å²) in [4.78, 5) is 4.63. The average Bonchev–Trinajstić information content (AvgIpc) is 2.60. The second-order valence-electron chi connectivity index (χ2n) is 4.21. The zero-order chi connectivity index (χ0) is 10.1. The van der Waals surface area contributed by atoms with Gasteiger partial charge in [0.15, 0.2) is 6.29 Å². The molecule has 0 saturated heterocycles. The maximum absolute atomic E-state index is 4.63. The Hall–Kier alpha value is -1.35. The SMILES string of the molecule is c1ccc(NC2N=C3CCC(C3)N2)cc1. The van der Waals surface area contributed by atoms with Gasteiger partial charge in [-0.2, -0.15) is 0 Å². The van der Waals surface area contributed by atoms with Crippen molar-refractivity contribution < 1.29 is 0 Å². The smallest absolute Gasteiger partial charge is 0.173 e. The molecule has 2 bridgehead atoms. The molecule has 2 aliphatic rings. The van der Waals surface area contributed by atoms with Crippen LogP contribution in [0.15, 0.2) is 35.3 Å². The van der Waals surface area contributed by atoms with E-state index in [0.717, 1.165) is 12.1 Å². The third-order valence-corrected chi connectivity index (χ3v) is 3.05. The fraction of sp³-hybridized carbons (Fsp3) is 0.417. The first-order valence-electron chi connectivity index (χ1n) is 5.53. The van der Waals surface area contributed by atoms with Gasteiger partial charge in [0.05, 0.1) is 0 Å². The number of para-hydroxylation sites is 1. The van der Waals surface area contributed by atoms with Crippen LogP contribution in [0.3, 0.4) is 0 Å². The molecule has 1 aromatic rings. The fourth-order valence-corrected chi connectivity index (χ4v) is 2.30. The van der Waals surface area contributed by atoms with Gasteiger partial charge in [-0.05, 0) is 25.0 Å². The molecule has 0 amide bonds. The Balaban J connectivity index is 1.72. The molecule has 0 radical (unpaired) electrons. The summed E-state index contributed by atoms with van der Waals surface area (Å²) in [6.07, 6.45) is 3.63. The lowest BCUT2D eigenvalue weighted by Gasteiger charge is -2.24. The minimum absolute atomic E-state index is 0.0728. The van der Waals surface area contributed by atoms with Crippen molar-refractivity contribution >= 4 is 11.4 Å².